The monoisotopic (exact) mass is 986 g/mol. The molecule has 13 aromatic rings. The molecule has 0 saturated heterocycles. The lowest BCUT2D eigenvalue weighted by Gasteiger charge is -2.26. The minimum Gasteiger partial charge on any atom is -0.308 e. The first-order chi connectivity index (χ1) is 37.8. The zero-order valence-corrected chi connectivity index (χ0v) is 43.3. The Morgan fingerprint density at radius 2 is 0.597 bits per heavy atom. The quantitative estimate of drug-likeness (QED) is 0.137. The van der Waals surface area contributed by atoms with E-state index in [1.807, 2.05) is 12.1 Å². The lowest BCUT2D eigenvalue weighted by molar-refractivity contribution is 0.594. The number of hydrogen-bond donors (Lipinski definition) is 0. The fourth-order valence-corrected chi connectivity index (χ4v) is 10.9. The topological polar surface area (TPSA) is 43.6 Å². The molecule has 0 N–H and O–H groups in total. The Balaban J connectivity index is 1.10. The second kappa shape index (κ2) is 19.8. The zero-order chi connectivity index (χ0) is 51.9. The third-order valence-electron chi connectivity index (χ3n) is 14.8. The summed E-state index contributed by atoms with van der Waals surface area (Å²) >= 11 is 0. The van der Waals surface area contributed by atoms with E-state index in [1.165, 1.54) is 44.1 Å². The molecule has 0 bridgehead atoms. The van der Waals surface area contributed by atoms with Gasteiger partial charge in [0.1, 0.15) is 0 Å². The molecule has 77 heavy (non-hydrogen) atoms. The van der Waals surface area contributed by atoms with Crippen LogP contribution in [-0.2, 0) is 5.41 Å². The van der Waals surface area contributed by atoms with E-state index in [2.05, 4.69) is 286 Å². The summed E-state index contributed by atoms with van der Waals surface area (Å²) < 4.78 is 2.57. The Labute approximate surface area is 450 Å². The van der Waals surface area contributed by atoms with Gasteiger partial charge in [-0.1, -0.05) is 257 Å². The highest BCUT2D eigenvalue weighted by Gasteiger charge is 2.28. The highest BCUT2D eigenvalue weighted by atomic mass is 15.0. The van der Waals surface area contributed by atoms with Gasteiger partial charge >= 0.3 is 0 Å². The highest BCUT2D eigenvalue weighted by molar-refractivity contribution is 6.14. The van der Waals surface area contributed by atoms with Crippen molar-refractivity contribution in [1.29, 1.82) is 0 Å². The fraction of sp³-hybridized carbons (Fsp3) is 0.0548. The Bertz CT molecular complexity index is 4060. The summed E-state index contributed by atoms with van der Waals surface area (Å²) in [6.07, 6.45) is 0. The van der Waals surface area contributed by atoms with Crippen LogP contribution in [-0.4, -0.2) is 19.5 Å². The van der Waals surface area contributed by atoms with Crippen molar-refractivity contribution in [2.24, 2.45) is 0 Å². The van der Waals surface area contributed by atoms with Crippen molar-refractivity contribution in [3.63, 3.8) is 0 Å². The first-order valence-corrected chi connectivity index (χ1v) is 26.4. The minimum absolute atomic E-state index is 0.243. The molecule has 13 rings (SSSR count). The second-order valence-corrected chi connectivity index (χ2v) is 20.8. The van der Waals surface area contributed by atoms with Crippen molar-refractivity contribution in [2.45, 2.75) is 26.2 Å². The van der Waals surface area contributed by atoms with Crippen LogP contribution in [0.3, 0.4) is 0 Å². The Kier molecular flexibility index (Phi) is 12.1. The molecule has 2 aromatic heterocycles. The molecule has 0 unspecified atom stereocenters. The predicted molar refractivity (Wildman–Crippen MR) is 322 cm³/mol. The van der Waals surface area contributed by atoms with Crippen molar-refractivity contribution in [3.05, 3.63) is 279 Å². The van der Waals surface area contributed by atoms with Gasteiger partial charge in [0.05, 0.1) is 16.7 Å². The summed E-state index contributed by atoms with van der Waals surface area (Å²) in [6, 6.07) is 97.7. The number of nitrogens with zero attached hydrogens (tertiary/aromatic N) is 4. The summed E-state index contributed by atoms with van der Waals surface area (Å²) in [5, 5.41) is 2.39. The maximum Gasteiger partial charge on any atom is 0.164 e. The Morgan fingerprint density at radius 3 is 1.01 bits per heavy atom. The van der Waals surface area contributed by atoms with Crippen LogP contribution < -0.4 is 0 Å². The number of benzene rings is 11. The van der Waals surface area contributed by atoms with Crippen molar-refractivity contribution >= 4 is 21.8 Å². The molecule has 0 fully saturated rings. The summed E-state index contributed by atoms with van der Waals surface area (Å²) in [5.74, 6) is 1.79. The summed E-state index contributed by atoms with van der Waals surface area (Å²) in [7, 11) is 0. The van der Waals surface area contributed by atoms with Crippen molar-refractivity contribution in [3.8, 4) is 107 Å². The summed E-state index contributed by atoms with van der Waals surface area (Å²) in [4.78, 5) is 16.1. The predicted octanol–water partition coefficient (Wildman–Crippen LogP) is 19.3. The summed E-state index contributed by atoms with van der Waals surface area (Å²) in [5.41, 5.74) is 20.7. The van der Waals surface area contributed by atoms with Gasteiger partial charge in [0.2, 0.25) is 0 Å². The largest absolute Gasteiger partial charge is 0.308 e. The summed E-state index contributed by atoms with van der Waals surface area (Å²) in [6.45, 7) is 7.02. The van der Waals surface area contributed by atoms with Gasteiger partial charge in [-0.15, -0.1) is 0 Å². The molecule has 0 aliphatic carbocycles. The van der Waals surface area contributed by atoms with E-state index in [0.29, 0.717) is 17.5 Å². The third-order valence-corrected chi connectivity index (χ3v) is 14.8. The van der Waals surface area contributed by atoms with Crippen LogP contribution >= 0.6 is 0 Å². The van der Waals surface area contributed by atoms with E-state index in [1.54, 1.807) is 0 Å². The molecule has 0 amide bonds. The van der Waals surface area contributed by atoms with E-state index >= 15 is 0 Å². The molecule has 0 atom stereocenters. The maximum atomic E-state index is 5.42. The van der Waals surface area contributed by atoms with Crippen LogP contribution in [0, 0.1) is 0 Å². The number of aromatic nitrogens is 4. The molecular weight excluding hydrogens is 933 g/mol. The van der Waals surface area contributed by atoms with Crippen LogP contribution in [0.25, 0.3) is 128 Å². The van der Waals surface area contributed by atoms with Gasteiger partial charge in [-0.2, -0.15) is 0 Å². The third kappa shape index (κ3) is 9.11. The molecular formula is C73H54N4. The smallest absolute Gasteiger partial charge is 0.164 e. The van der Waals surface area contributed by atoms with Gasteiger partial charge in [0, 0.05) is 38.6 Å². The standard InChI is InChI=1S/C73H54N4/c1-73(2,3)66-48-60(52-28-16-7-17-29-52)45-65-64-44-59(51-26-14-6-15-27-51)42-43-67(64)77(69(65)66)68-62(55-30-18-8-19-31-55)46-61(47-63(68)56-32-20-9-21-33-56)72-75-70(57-38-34-53(35-39-57)49-22-10-4-11-23-49)74-71(76-72)58-40-36-54(37-41-58)50-24-12-5-13-25-50/h4-48H,1-3H3. The molecule has 11 aromatic carbocycles. The van der Waals surface area contributed by atoms with E-state index in [9.17, 15) is 0 Å². The average molecular weight is 987 g/mol. The van der Waals surface area contributed by atoms with Crippen molar-refractivity contribution in [2.75, 3.05) is 0 Å². The van der Waals surface area contributed by atoms with E-state index in [-0.39, 0.29) is 5.41 Å². The maximum absolute atomic E-state index is 5.42. The van der Waals surface area contributed by atoms with Gasteiger partial charge in [0.15, 0.2) is 17.5 Å². The lowest BCUT2D eigenvalue weighted by Crippen LogP contribution is -2.14. The molecule has 2 heterocycles. The molecule has 4 nitrogen and oxygen atoms in total. The van der Waals surface area contributed by atoms with Crippen LogP contribution in [0.5, 0.6) is 0 Å². The average Bonchev–Trinajstić information content (AvgIpc) is 4.09. The van der Waals surface area contributed by atoms with Gasteiger partial charge in [0.25, 0.3) is 0 Å². The van der Waals surface area contributed by atoms with Gasteiger partial charge in [-0.25, -0.2) is 15.0 Å². The van der Waals surface area contributed by atoms with E-state index in [4.69, 9.17) is 15.0 Å². The van der Waals surface area contributed by atoms with E-state index in [0.717, 1.165) is 72.4 Å². The minimum atomic E-state index is -0.243. The van der Waals surface area contributed by atoms with Gasteiger partial charge < -0.3 is 4.57 Å². The van der Waals surface area contributed by atoms with Crippen molar-refractivity contribution in [1.82, 2.24) is 19.5 Å². The first-order valence-electron chi connectivity index (χ1n) is 26.4. The van der Waals surface area contributed by atoms with Crippen LogP contribution in [0.1, 0.15) is 26.3 Å². The molecule has 0 radical (unpaired) electrons. The van der Waals surface area contributed by atoms with E-state index < -0.39 is 0 Å². The number of hydrogen-bond acceptors (Lipinski definition) is 3. The number of rotatable bonds is 10. The van der Waals surface area contributed by atoms with Gasteiger partial charge in [-0.3, -0.25) is 0 Å². The zero-order valence-electron chi connectivity index (χ0n) is 43.3. The lowest BCUT2D eigenvalue weighted by atomic mass is 9.83. The van der Waals surface area contributed by atoms with Crippen molar-refractivity contribution < 1.29 is 0 Å². The van der Waals surface area contributed by atoms with Crippen LogP contribution in [0.15, 0.2) is 273 Å². The number of fused-ring (bicyclic) bond motifs is 3. The fourth-order valence-electron chi connectivity index (χ4n) is 10.9. The van der Waals surface area contributed by atoms with Crippen LogP contribution in [0.2, 0.25) is 0 Å². The molecule has 0 aliphatic rings. The highest BCUT2D eigenvalue weighted by Crippen LogP contribution is 2.48. The molecule has 4 heteroatoms. The van der Waals surface area contributed by atoms with Gasteiger partial charge in [-0.05, 0) is 103 Å². The normalized spacial score (nSPS) is 11.6. The molecule has 0 saturated carbocycles. The SMILES string of the molecule is CC(C)(C)c1cc(-c2ccccc2)cc2c3cc(-c4ccccc4)ccc3n(-c3c(-c4ccccc4)cc(-c4nc(-c5ccc(-c6ccccc6)cc5)nc(-c5ccc(-c6ccccc6)cc5)n4)cc3-c3ccccc3)c12. The Morgan fingerprint density at radius 1 is 0.273 bits per heavy atom. The second-order valence-electron chi connectivity index (χ2n) is 20.8. The first kappa shape index (κ1) is 47.0. The molecule has 366 valence electrons. The molecule has 0 spiro atoms. The molecule has 0 aliphatic heterocycles. The Hall–Kier alpha value is -9.77. The van der Waals surface area contributed by atoms with Crippen LogP contribution in [0.4, 0.5) is 0 Å².